The van der Waals surface area contributed by atoms with E-state index in [0.29, 0.717) is 12.8 Å². The Bertz CT molecular complexity index is 385. The molecule has 0 saturated carbocycles. The number of aliphatic hydroxyl groups excluding tert-OH is 1. The van der Waals surface area contributed by atoms with E-state index in [1.165, 1.54) is 0 Å². The lowest BCUT2D eigenvalue weighted by atomic mass is 10.2. The maximum absolute atomic E-state index is 11.6. The van der Waals surface area contributed by atoms with E-state index in [1.54, 1.807) is 11.3 Å². The van der Waals surface area contributed by atoms with E-state index in [0.717, 1.165) is 35.1 Å². The molecule has 1 aliphatic heterocycles. The van der Waals surface area contributed by atoms with Crippen LogP contribution in [0.15, 0.2) is 0 Å². The van der Waals surface area contributed by atoms with Crippen molar-refractivity contribution in [2.75, 3.05) is 13.1 Å². The van der Waals surface area contributed by atoms with Crippen molar-refractivity contribution in [2.24, 2.45) is 0 Å². The molecule has 0 unspecified atom stereocenters. The monoisotopic (exact) mass is 240 g/mol. The predicted octanol–water partition coefficient (Wildman–Crippen LogP) is 1.11. The van der Waals surface area contributed by atoms with E-state index >= 15 is 0 Å². The summed E-state index contributed by atoms with van der Waals surface area (Å²) in [6.45, 7) is 3.77. The van der Waals surface area contributed by atoms with E-state index in [-0.39, 0.29) is 12.5 Å². The molecule has 2 heterocycles. The highest BCUT2D eigenvalue weighted by Crippen LogP contribution is 2.19. The Morgan fingerprint density at radius 3 is 2.81 bits per heavy atom. The summed E-state index contributed by atoms with van der Waals surface area (Å²) in [4.78, 5) is 18.8. The van der Waals surface area contributed by atoms with Crippen LogP contribution in [0.2, 0.25) is 0 Å². The van der Waals surface area contributed by atoms with Crippen molar-refractivity contribution in [3.05, 3.63) is 15.6 Å². The molecule has 4 nitrogen and oxygen atoms in total. The molecule has 5 heteroatoms. The highest BCUT2D eigenvalue weighted by molar-refractivity contribution is 7.11. The number of aliphatic hydroxyl groups is 1. The Morgan fingerprint density at radius 2 is 2.31 bits per heavy atom. The number of amides is 1. The maximum Gasteiger partial charge on any atom is 0.222 e. The third-order valence-corrected chi connectivity index (χ3v) is 3.92. The summed E-state index contributed by atoms with van der Waals surface area (Å²) >= 11 is 1.58. The molecule has 88 valence electrons. The minimum atomic E-state index is -0.0115. The topological polar surface area (TPSA) is 53.4 Å². The lowest BCUT2D eigenvalue weighted by molar-refractivity contribution is -0.134. The summed E-state index contributed by atoms with van der Waals surface area (Å²) in [6.07, 6.45) is 2.37. The van der Waals surface area contributed by atoms with Crippen molar-refractivity contribution in [1.29, 1.82) is 0 Å². The van der Waals surface area contributed by atoms with Gasteiger partial charge in [-0.05, 0) is 13.3 Å². The van der Waals surface area contributed by atoms with Gasteiger partial charge in [0.1, 0.15) is 0 Å². The number of aromatic nitrogens is 1. The van der Waals surface area contributed by atoms with Crippen LogP contribution in [0.1, 0.15) is 28.4 Å². The Morgan fingerprint density at radius 1 is 1.56 bits per heavy atom. The van der Waals surface area contributed by atoms with E-state index in [2.05, 4.69) is 4.98 Å². The molecule has 1 N–H and O–H groups in total. The van der Waals surface area contributed by atoms with Crippen LogP contribution < -0.4 is 0 Å². The van der Waals surface area contributed by atoms with Crippen molar-refractivity contribution >= 4 is 17.2 Å². The van der Waals surface area contributed by atoms with Gasteiger partial charge in [0, 0.05) is 30.8 Å². The molecule has 0 radical (unpaired) electrons. The number of rotatable bonds is 4. The second-order valence-corrected chi connectivity index (χ2v) is 5.29. The van der Waals surface area contributed by atoms with Gasteiger partial charge >= 0.3 is 0 Å². The molecule has 2 rings (SSSR count). The van der Waals surface area contributed by atoms with Crippen LogP contribution in [0.5, 0.6) is 0 Å². The molecule has 16 heavy (non-hydrogen) atoms. The van der Waals surface area contributed by atoms with E-state index < -0.39 is 0 Å². The lowest BCUT2D eigenvalue weighted by Crippen LogP contribution is -2.42. The minimum Gasteiger partial charge on any atom is -0.390 e. The quantitative estimate of drug-likeness (QED) is 0.857. The van der Waals surface area contributed by atoms with Gasteiger partial charge in [0.15, 0.2) is 0 Å². The third-order valence-electron chi connectivity index (χ3n) is 2.85. The normalized spacial score (nSPS) is 15.0. The fraction of sp³-hybridized carbons (Fsp3) is 0.636. The number of nitrogens with zero attached hydrogens (tertiary/aromatic N) is 2. The SMILES string of the molecule is Cc1sc(CCC(=O)N2CCC2)nc1CO. The zero-order valence-corrected chi connectivity index (χ0v) is 10.2. The van der Waals surface area contributed by atoms with E-state index in [1.807, 2.05) is 11.8 Å². The van der Waals surface area contributed by atoms with Crippen LogP contribution in [0.25, 0.3) is 0 Å². The van der Waals surface area contributed by atoms with Gasteiger partial charge in [0.05, 0.1) is 17.3 Å². The van der Waals surface area contributed by atoms with Gasteiger partial charge < -0.3 is 10.0 Å². The van der Waals surface area contributed by atoms with Crippen LogP contribution in [-0.4, -0.2) is 34.0 Å². The van der Waals surface area contributed by atoms with Crippen molar-refractivity contribution in [2.45, 2.75) is 32.8 Å². The summed E-state index contributed by atoms with van der Waals surface area (Å²) in [5.41, 5.74) is 0.747. The van der Waals surface area contributed by atoms with Gasteiger partial charge in [-0.3, -0.25) is 4.79 Å². The Hall–Kier alpha value is -0.940. The predicted molar refractivity (Wildman–Crippen MR) is 62.3 cm³/mol. The number of thiazole rings is 1. The van der Waals surface area contributed by atoms with Gasteiger partial charge in [-0.25, -0.2) is 4.98 Å². The van der Waals surface area contributed by atoms with Crippen LogP contribution in [0.4, 0.5) is 0 Å². The first-order valence-electron chi connectivity index (χ1n) is 5.54. The summed E-state index contributed by atoms with van der Waals surface area (Å²) < 4.78 is 0. The Kier molecular flexibility index (Phi) is 3.56. The molecule has 1 amide bonds. The third kappa shape index (κ3) is 2.41. The molecule has 1 aliphatic rings. The first kappa shape index (κ1) is 11.5. The molecular weight excluding hydrogens is 224 g/mol. The average Bonchev–Trinajstić information content (AvgIpc) is 2.53. The van der Waals surface area contributed by atoms with Crippen LogP contribution in [0, 0.1) is 6.92 Å². The molecular formula is C11H16N2O2S. The number of likely N-dealkylation sites (tertiary alicyclic amines) is 1. The molecule has 0 bridgehead atoms. The number of carbonyl (C=O) groups excluding carboxylic acids is 1. The maximum atomic E-state index is 11.6. The van der Waals surface area contributed by atoms with E-state index in [9.17, 15) is 4.79 Å². The smallest absolute Gasteiger partial charge is 0.222 e. The van der Waals surface area contributed by atoms with Crippen LogP contribution in [-0.2, 0) is 17.8 Å². The van der Waals surface area contributed by atoms with Gasteiger partial charge in [-0.15, -0.1) is 11.3 Å². The highest BCUT2D eigenvalue weighted by atomic mass is 32.1. The number of carbonyl (C=O) groups is 1. The molecule has 1 aromatic heterocycles. The summed E-state index contributed by atoms with van der Waals surface area (Å²) in [5, 5.41) is 9.97. The van der Waals surface area contributed by atoms with Crippen molar-refractivity contribution in [1.82, 2.24) is 9.88 Å². The van der Waals surface area contributed by atoms with Crippen molar-refractivity contribution in [3.8, 4) is 0 Å². The zero-order chi connectivity index (χ0) is 11.5. The fourth-order valence-corrected chi connectivity index (χ4v) is 2.62. The van der Waals surface area contributed by atoms with Crippen molar-refractivity contribution in [3.63, 3.8) is 0 Å². The van der Waals surface area contributed by atoms with Crippen LogP contribution in [0.3, 0.4) is 0 Å². The second-order valence-electron chi connectivity index (χ2n) is 4.00. The summed E-state index contributed by atoms with van der Waals surface area (Å²) in [5.74, 6) is 0.227. The van der Waals surface area contributed by atoms with Gasteiger partial charge in [0.2, 0.25) is 5.91 Å². The van der Waals surface area contributed by atoms with Crippen molar-refractivity contribution < 1.29 is 9.90 Å². The molecule has 0 aliphatic carbocycles. The average molecular weight is 240 g/mol. The van der Waals surface area contributed by atoms with E-state index in [4.69, 9.17) is 5.11 Å². The molecule has 0 spiro atoms. The highest BCUT2D eigenvalue weighted by Gasteiger charge is 2.20. The van der Waals surface area contributed by atoms with Gasteiger partial charge in [-0.1, -0.05) is 0 Å². The van der Waals surface area contributed by atoms with Crippen LogP contribution >= 0.6 is 11.3 Å². The summed E-state index contributed by atoms with van der Waals surface area (Å²) in [7, 11) is 0. The number of hydrogen-bond acceptors (Lipinski definition) is 4. The standard InChI is InChI=1S/C11H16N2O2S/c1-8-9(7-14)12-10(16-8)3-4-11(15)13-5-2-6-13/h14H,2-7H2,1H3. The molecule has 1 aromatic rings. The zero-order valence-electron chi connectivity index (χ0n) is 9.40. The minimum absolute atomic E-state index is 0.0115. The second kappa shape index (κ2) is 4.93. The Balaban J connectivity index is 1.86. The Labute approximate surface area is 98.9 Å². The fourth-order valence-electron chi connectivity index (χ4n) is 1.68. The largest absolute Gasteiger partial charge is 0.390 e. The first-order valence-corrected chi connectivity index (χ1v) is 6.36. The molecule has 0 aromatic carbocycles. The van der Waals surface area contributed by atoms with Gasteiger partial charge in [-0.2, -0.15) is 0 Å². The molecule has 1 fully saturated rings. The number of hydrogen-bond donors (Lipinski definition) is 1. The molecule has 0 atom stereocenters. The van der Waals surface area contributed by atoms with Gasteiger partial charge in [0.25, 0.3) is 0 Å². The first-order chi connectivity index (χ1) is 7.70. The summed E-state index contributed by atoms with van der Waals surface area (Å²) in [6, 6.07) is 0. The molecule has 1 saturated heterocycles. The number of aryl methyl sites for hydroxylation is 2. The lowest BCUT2D eigenvalue weighted by Gasteiger charge is -2.30.